The number of hydrogen-bond acceptors (Lipinski definition) is 6. The quantitative estimate of drug-likeness (QED) is 0.109. The van der Waals surface area contributed by atoms with Crippen molar-refractivity contribution < 1.29 is 19.4 Å². The van der Waals surface area contributed by atoms with Crippen LogP contribution in [0.3, 0.4) is 0 Å². The summed E-state index contributed by atoms with van der Waals surface area (Å²) >= 11 is 0. The summed E-state index contributed by atoms with van der Waals surface area (Å²) < 4.78 is 6.20. The van der Waals surface area contributed by atoms with Crippen molar-refractivity contribution in [3.63, 3.8) is 0 Å². The Kier molecular flexibility index (Phi) is 10.0. The van der Waals surface area contributed by atoms with Gasteiger partial charge < -0.3 is 15.2 Å². The van der Waals surface area contributed by atoms with Crippen molar-refractivity contribution in [2.75, 3.05) is 6.54 Å². The molecule has 5 aliphatic carbocycles. The minimum Gasteiger partial charge on any atom is -0.508 e. The Balaban J connectivity index is 1.20. The number of rotatable bonds is 10. The summed E-state index contributed by atoms with van der Waals surface area (Å²) in [6.07, 6.45) is 12.9. The molecule has 5 fully saturated rings. The van der Waals surface area contributed by atoms with Crippen LogP contribution in [-0.4, -0.2) is 29.6 Å². The van der Waals surface area contributed by atoms with E-state index in [9.17, 15) is 19.6 Å². The van der Waals surface area contributed by atoms with Crippen molar-refractivity contribution in [3.8, 4) is 5.75 Å². The first-order valence-electron chi connectivity index (χ1n) is 20.1. The van der Waals surface area contributed by atoms with Crippen molar-refractivity contribution in [2.24, 2.45) is 67.3 Å². The smallest absolute Gasteiger partial charge is 0.307 e. The zero-order valence-electron chi connectivity index (χ0n) is 32.9. The molecule has 282 valence electrons. The van der Waals surface area contributed by atoms with Gasteiger partial charge in [-0.3, -0.25) is 9.59 Å². The van der Waals surface area contributed by atoms with Crippen molar-refractivity contribution in [2.45, 2.75) is 145 Å². The molecule has 5 saturated carbocycles. The van der Waals surface area contributed by atoms with E-state index in [0.717, 1.165) is 32.4 Å². The highest BCUT2D eigenvalue weighted by Gasteiger charge is 2.71. The fourth-order valence-corrected chi connectivity index (χ4v) is 13.8. The van der Waals surface area contributed by atoms with Crippen LogP contribution in [0.5, 0.6) is 5.75 Å². The molecule has 0 spiro atoms. The number of amides is 1. The number of esters is 1. The molecule has 10 atom stereocenters. The third kappa shape index (κ3) is 6.23. The number of allylic oxidation sites excluding steroid dienone is 1. The van der Waals surface area contributed by atoms with Crippen LogP contribution in [0.25, 0.3) is 0 Å². The second kappa shape index (κ2) is 13.4. The molecule has 1 aromatic carbocycles. The standard InChI is InChI=1S/C44H66N2O5/c1-28(2)31-16-21-44(24-25-45-27-29-10-12-30(47)13-11-29)23-22-42(8)32(37(31)44)14-15-34-41(7)19-18-35(40(5,6)33(41)17-20-43(34,42)9)51-36(48)26-39(3,4)38(49)46-50/h10-13,31-35,37,45,47H,1,14-27H2,2-9H3/t31-,32+,33-,34+,35-,37+,41-,42+,43+,44+/m0/s1. The molecule has 0 unspecified atom stereocenters. The number of benzene rings is 1. The van der Waals surface area contributed by atoms with E-state index in [-0.39, 0.29) is 34.2 Å². The Labute approximate surface area is 307 Å². The van der Waals surface area contributed by atoms with Crippen molar-refractivity contribution >= 4 is 11.9 Å². The zero-order chi connectivity index (χ0) is 37.2. The number of carbonyl (C=O) groups is 2. The average Bonchev–Trinajstić information content (AvgIpc) is 3.45. The average molecular weight is 703 g/mol. The van der Waals surface area contributed by atoms with E-state index in [1.807, 2.05) is 12.1 Å². The molecule has 2 N–H and O–H groups in total. The maximum atomic E-state index is 13.2. The molecule has 1 aromatic rings. The second-order valence-corrected chi connectivity index (χ2v) is 19.9. The highest BCUT2D eigenvalue weighted by atomic mass is 16.5. The number of fused-ring (bicyclic) bond motifs is 7. The van der Waals surface area contributed by atoms with E-state index in [2.05, 4.69) is 58.6 Å². The number of nitrogens with zero attached hydrogens (tertiary/aromatic N) is 1. The number of nitroso groups, excluding NO2 is 1. The van der Waals surface area contributed by atoms with E-state index in [4.69, 9.17) is 4.74 Å². The van der Waals surface area contributed by atoms with Crippen LogP contribution in [0.4, 0.5) is 0 Å². The largest absolute Gasteiger partial charge is 0.508 e. The molecular formula is C44H66N2O5. The Hall–Kier alpha value is -2.54. The predicted octanol–water partition coefficient (Wildman–Crippen LogP) is 10.2. The van der Waals surface area contributed by atoms with E-state index < -0.39 is 17.3 Å². The lowest BCUT2D eigenvalue weighted by Gasteiger charge is -2.73. The molecule has 0 radical (unpaired) electrons. The van der Waals surface area contributed by atoms with Crippen LogP contribution in [0, 0.1) is 67.0 Å². The highest BCUT2D eigenvalue weighted by Crippen LogP contribution is 2.78. The summed E-state index contributed by atoms with van der Waals surface area (Å²) in [7, 11) is 0. The van der Waals surface area contributed by atoms with Gasteiger partial charge in [-0.15, -0.1) is 4.91 Å². The van der Waals surface area contributed by atoms with Gasteiger partial charge in [0.05, 0.1) is 11.8 Å². The van der Waals surface area contributed by atoms with Gasteiger partial charge in [0.15, 0.2) is 0 Å². The van der Waals surface area contributed by atoms with Gasteiger partial charge in [-0.05, 0) is 153 Å². The van der Waals surface area contributed by atoms with Crippen LogP contribution >= 0.6 is 0 Å². The Morgan fingerprint density at radius 2 is 1.63 bits per heavy atom. The number of nitrogens with one attached hydrogen (secondary N) is 1. The molecule has 7 heteroatoms. The fraction of sp³-hybridized carbons (Fsp3) is 0.773. The predicted molar refractivity (Wildman–Crippen MR) is 202 cm³/mol. The van der Waals surface area contributed by atoms with E-state index in [0.29, 0.717) is 40.8 Å². The number of carbonyl (C=O) groups excluding carboxylic acids is 2. The molecule has 0 heterocycles. The highest BCUT2D eigenvalue weighted by molar-refractivity contribution is 5.87. The third-order valence-electron chi connectivity index (χ3n) is 16.8. The van der Waals surface area contributed by atoms with Gasteiger partial charge in [0, 0.05) is 17.1 Å². The number of phenolic OH excluding ortho intramolecular Hbond substituents is 1. The number of hydrogen-bond donors (Lipinski definition) is 2. The van der Waals surface area contributed by atoms with Crippen LogP contribution in [0.15, 0.2) is 41.6 Å². The van der Waals surface area contributed by atoms with Crippen LogP contribution in [0.1, 0.15) is 138 Å². The first-order chi connectivity index (χ1) is 23.8. The van der Waals surface area contributed by atoms with Crippen molar-refractivity contribution in [1.82, 2.24) is 5.32 Å². The fourth-order valence-electron chi connectivity index (χ4n) is 13.8. The topological polar surface area (TPSA) is 105 Å². The third-order valence-corrected chi connectivity index (χ3v) is 16.8. The van der Waals surface area contributed by atoms with Gasteiger partial charge >= 0.3 is 5.97 Å². The number of phenols is 1. The van der Waals surface area contributed by atoms with E-state index >= 15 is 0 Å². The maximum absolute atomic E-state index is 13.2. The normalized spacial score (nSPS) is 39.8. The van der Waals surface area contributed by atoms with Gasteiger partial charge in [0.25, 0.3) is 5.91 Å². The molecule has 6 rings (SSSR count). The van der Waals surface area contributed by atoms with E-state index in [1.165, 1.54) is 62.5 Å². The Morgan fingerprint density at radius 3 is 2.29 bits per heavy atom. The van der Waals surface area contributed by atoms with Gasteiger partial charge in [-0.1, -0.05) is 72.8 Å². The summed E-state index contributed by atoms with van der Waals surface area (Å²) in [6, 6.07) is 7.57. The summed E-state index contributed by atoms with van der Waals surface area (Å²) in [5.74, 6) is 2.16. The molecule has 0 saturated heterocycles. The molecule has 51 heavy (non-hydrogen) atoms. The van der Waals surface area contributed by atoms with Crippen LogP contribution in [0.2, 0.25) is 0 Å². The summed E-state index contributed by atoms with van der Waals surface area (Å²) in [4.78, 5) is 36.2. The molecule has 0 bridgehead atoms. The minimum atomic E-state index is -1.16. The van der Waals surface area contributed by atoms with Gasteiger partial charge in [-0.25, -0.2) is 0 Å². The van der Waals surface area contributed by atoms with Crippen molar-refractivity contribution in [3.05, 3.63) is 46.9 Å². The van der Waals surface area contributed by atoms with E-state index in [1.54, 1.807) is 26.0 Å². The zero-order valence-corrected chi connectivity index (χ0v) is 32.9. The summed E-state index contributed by atoms with van der Waals surface area (Å²) in [5, 5.41) is 16.0. The molecule has 0 aromatic heterocycles. The number of ether oxygens (including phenoxy) is 1. The van der Waals surface area contributed by atoms with Crippen LogP contribution in [-0.2, 0) is 20.9 Å². The van der Waals surface area contributed by atoms with Crippen molar-refractivity contribution in [1.29, 1.82) is 0 Å². The first kappa shape index (κ1) is 38.2. The summed E-state index contributed by atoms with van der Waals surface area (Å²) in [6.45, 7) is 24.5. The SMILES string of the molecule is C=C(C)[C@@H]1CC[C@]2(CCNCc3ccc(O)cc3)CC[C@]3(C)[C@H](CC[C@@H]4[C@@]5(C)CC[C@H](OC(=O)CC(C)(C)C(=O)N=O)C(C)(C)[C@@H]5CC[C@]43C)[C@@H]12. The molecule has 5 aliphatic rings. The van der Waals surface area contributed by atoms with Crippen LogP contribution < -0.4 is 5.32 Å². The lowest BCUT2D eigenvalue weighted by atomic mass is 9.32. The molecule has 1 amide bonds. The second-order valence-electron chi connectivity index (χ2n) is 19.9. The molecule has 0 aliphatic heterocycles. The number of aromatic hydroxyl groups is 1. The van der Waals surface area contributed by atoms with Gasteiger partial charge in [-0.2, -0.15) is 0 Å². The lowest BCUT2D eigenvalue weighted by molar-refractivity contribution is -0.250. The summed E-state index contributed by atoms with van der Waals surface area (Å²) in [5.41, 5.74) is 2.30. The maximum Gasteiger partial charge on any atom is 0.307 e. The molecule has 7 nitrogen and oxygen atoms in total. The monoisotopic (exact) mass is 702 g/mol. The lowest BCUT2D eigenvalue weighted by Crippen LogP contribution is -2.66. The van der Waals surface area contributed by atoms with Gasteiger partial charge in [0.1, 0.15) is 11.9 Å². The molecular weight excluding hydrogens is 636 g/mol. The minimum absolute atomic E-state index is 0.130. The first-order valence-corrected chi connectivity index (χ1v) is 20.1. The Morgan fingerprint density at radius 1 is 0.922 bits per heavy atom. The van der Waals surface area contributed by atoms with Gasteiger partial charge in [0.2, 0.25) is 0 Å². The Bertz CT molecular complexity index is 1520.